The molecule has 0 saturated heterocycles. The SMILES string of the molecule is Cc1cccc(C(CCl)(CCl)CCOCC(F)(F)F)c1. The third-order valence-corrected chi connectivity index (χ3v) is 4.16. The van der Waals surface area contributed by atoms with Crippen molar-refractivity contribution < 1.29 is 17.9 Å². The van der Waals surface area contributed by atoms with Gasteiger partial charge in [-0.1, -0.05) is 29.8 Å². The molecule has 6 heteroatoms. The van der Waals surface area contributed by atoms with Crippen LogP contribution >= 0.6 is 23.2 Å². The van der Waals surface area contributed by atoms with E-state index in [2.05, 4.69) is 4.74 Å². The average molecular weight is 329 g/mol. The molecule has 0 heterocycles. The van der Waals surface area contributed by atoms with Gasteiger partial charge in [0.1, 0.15) is 6.61 Å². The number of halogens is 5. The Morgan fingerprint density at radius 1 is 1.15 bits per heavy atom. The summed E-state index contributed by atoms with van der Waals surface area (Å²) >= 11 is 12.0. The Hall–Kier alpha value is -0.450. The highest BCUT2D eigenvalue weighted by Gasteiger charge is 2.32. The summed E-state index contributed by atoms with van der Waals surface area (Å²) in [5.74, 6) is 0.463. The number of rotatable bonds is 7. The highest BCUT2D eigenvalue weighted by atomic mass is 35.5. The number of hydrogen-bond acceptors (Lipinski definition) is 1. The van der Waals surface area contributed by atoms with Crippen molar-refractivity contribution in [2.75, 3.05) is 25.0 Å². The smallest absolute Gasteiger partial charge is 0.372 e. The third-order valence-electron chi connectivity index (χ3n) is 3.13. The summed E-state index contributed by atoms with van der Waals surface area (Å²) in [6, 6.07) is 7.67. The molecule has 0 bridgehead atoms. The predicted octanol–water partition coefficient (Wildman–Crippen LogP) is 4.68. The van der Waals surface area contributed by atoms with Crippen LogP contribution in [-0.4, -0.2) is 31.2 Å². The highest BCUT2D eigenvalue weighted by molar-refractivity contribution is 6.22. The van der Waals surface area contributed by atoms with Crippen LogP contribution in [0.1, 0.15) is 17.5 Å². The molecular formula is C14H17Cl2F3O. The molecule has 0 unspecified atom stereocenters. The van der Waals surface area contributed by atoms with Crippen molar-refractivity contribution in [3.63, 3.8) is 0 Å². The fourth-order valence-corrected chi connectivity index (χ4v) is 2.76. The second-order valence-corrected chi connectivity index (χ2v) is 5.37. The lowest BCUT2D eigenvalue weighted by Gasteiger charge is -2.30. The van der Waals surface area contributed by atoms with E-state index in [9.17, 15) is 13.2 Å². The standard InChI is InChI=1S/C14H17Cl2F3O/c1-11-3-2-4-12(7-11)13(8-15,9-16)5-6-20-10-14(17,18)19/h2-4,7H,5-6,8-10H2,1H3. The number of alkyl halides is 5. The zero-order chi connectivity index (χ0) is 15.2. The number of hydrogen-bond donors (Lipinski definition) is 0. The van der Waals surface area contributed by atoms with Gasteiger partial charge in [-0.2, -0.15) is 13.2 Å². The van der Waals surface area contributed by atoms with Crippen molar-refractivity contribution in [2.45, 2.75) is 24.9 Å². The van der Waals surface area contributed by atoms with Crippen LogP contribution in [0.4, 0.5) is 13.2 Å². The lowest BCUT2D eigenvalue weighted by Crippen LogP contribution is -2.33. The first kappa shape index (κ1) is 17.6. The number of aryl methyl sites for hydroxylation is 1. The normalized spacial score (nSPS) is 12.7. The average Bonchev–Trinajstić information content (AvgIpc) is 2.38. The Morgan fingerprint density at radius 3 is 2.30 bits per heavy atom. The molecule has 1 aromatic carbocycles. The summed E-state index contributed by atoms with van der Waals surface area (Å²) in [5.41, 5.74) is 1.41. The molecule has 0 aliphatic carbocycles. The van der Waals surface area contributed by atoms with Crippen LogP contribution in [0.5, 0.6) is 0 Å². The fourth-order valence-electron chi connectivity index (χ4n) is 1.90. The molecule has 0 aliphatic rings. The summed E-state index contributed by atoms with van der Waals surface area (Å²) in [6.07, 6.45) is -3.96. The van der Waals surface area contributed by atoms with Gasteiger partial charge in [0.05, 0.1) is 0 Å². The summed E-state index contributed by atoms with van der Waals surface area (Å²) in [7, 11) is 0. The van der Waals surface area contributed by atoms with Crippen LogP contribution in [0.25, 0.3) is 0 Å². The van der Waals surface area contributed by atoms with E-state index < -0.39 is 18.2 Å². The second kappa shape index (κ2) is 7.53. The highest BCUT2D eigenvalue weighted by Crippen LogP contribution is 2.32. The zero-order valence-corrected chi connectivity index (χ0v) is 12.7. The van der Waals surface area contributed by atoms with Crippen molar-refractivity contribution in [3.05, 3.63) is 35.4 Å². The summed E-state index contributed by atoms with van der Waals surface area (Å²) < 4.78 is 40.8. The van der Waals surface area contributed by atoms with Gasteiger partial charge in [0.25, 0.3) is 0 Å². The Kier molecular flexibility index (Phi) is 6.62. The molecule has 20 heavy (non-hydrogen) atoms. The molecule has 0 spiro atoms. The van der Waals surface area contributed by atoms with E-state index in [-0.39, 0.29) is 18.4 Å². The minimum atomic E-state index is -4.31. The second-order valence-electron chi connectivity index (χ2n) is 4.83. The lowest BCUT2D eigenvalue weighted by molar-refractivity contribution is -0.174. The minimum Gasteiger partial charge on any atom is -0.372 e. The van der Waals surface area contributed by atoms with Crippen LogP contribution in [0, 0.1) is 6.92 Å². The van der Waals surface area contributed by atoms with E-state index in [4.69, 9.17) is 23.2 Å². The topological polar surface area (TPSA) is 9.23 Å². The molecule has 1 nitrogen and oxygen atoms in total. The molecule has 0 aromatic heterocycles. The molecule has 114 valence electrons. The molecule has 0 fully saturated rings. The fraction of sp³-hybridized carbons (Fsp3) is 0.571. The maximum absolute atomic E-state index is 12.0. The summed E-state index contributed by atoms with van der Waals surface area (Å²) in [5, 5.41) is 0. The molecule has 1 aromatic rings. The van der Waals surface area contributed by atoms with Gasteiger partial charge in [-0.25, -0.2) is 0 Å². The van der Waals surface area contributed by atoms with E-state index in [1.54, 1.807) is 0 Å². The van der Waals surface area contributed by atoms with Gasteiger partial charge in [0.15, 0.2) is 0 Å². The number of benzene rings is 1. The van der Waals surface area contributed by atoms with Crippen molar-refractivity contribution in [1.82, 2.24) is 0 Å². The predicted molar refractivity (Wildman–Crippen MR) is 75.8 cm³/mol. The molecule has 1 rings (SSSR count). The van der Waals surface area contributed by atoms with Crippen molar-refractivity contribution >= 4 is 23.2 Å². The van der Waals surface area contributed by atoms with Crippen molar-refractivity contribution in [3.8, 4) is 0 Å². The molecule has 0 amide bonds. The molecule has 0 aliphatic heterocycles. The largest absolute Gasteiger partial charge is 0.411 e. The molecule has 0 N–H and O–H groups in total. The summed E-state index contributed by atoms with van der Waals surface area (Å²) in [4.78, 5) is 0. The van der Waals surface area contributed by atoms with Gasteiger partial charge in [0.2, 0.25) is 0 Å². The van der Waals surface area contributed by atoms with E-state index >= 15 is 0 Å². The quantitative estimate of drug-likeness (QED) is 0.521. The first-order valence-corrected chi connectivity index (χ1v) is 7.23. The van der Waals surface area contributed by atoms with Gasteiger partial charge in [-0.05, 0) is 18.9 Å². The molecule has 0 radical (unpaired) electrons. The van der Waals surface area contributed by atoms with Gasteiger partial charge >= 0.3 is 6.18 Å². The van der Waals surface area contributed by atoms with Crippen LogP contribution < -0.4 is 0 Å². The molecule has 0 atom stereocenters. The Bertz CT molecular complexity index is 417. The Labute approximate surface area is 127 Å². The van der Waals surface area contributed by atoms with Gasteiger partial charge in [0, 0.05) is 23.8 Å². The first-order valence-electron chi connectivity index (χ1n) is 6.16. The van der Waals surface area contributed by atoms with Crippen LogP contribution in [-0.2, 0) is 10.2 Å². The van der Waals surface area contributed by atoms with E-state index in [0.29, 0.717) is 6.42 Å². The molecular weight excluding hydrogens is 312 g/mol. The van der Waals surface area contributed by atoms with Gasteiger partial charge < -0.3 is 4.74 Å². The van der Waals surface area contributed by atoms with Crippen LogP contribution in [0.2, 0.25) is 0 Å². The Morgan fingerprint density at radius 2 is 1.80 bits per heavy atom. The van der Waals surface area contributed by atoms with E-state index in [1.165, 1.54) is 0 Å². The Balaban J connectivity index is 2.72. The summed E-state index contributed by atoms with van der Waals surface area (Å²) in [6.45, 7) is 0.658. The first-order chi connectivity index (χ1) is 9.33. The van der Waals surface area contributed by atoms with Crippen LogP contribution in [0.15, 0.2) is 24.3 Å². The van der Waals surface area contributed by atoms with Gasteiger partial charge in [-0.3, -0.25) is 0 Å². The zero-order valence-electron chi connectivity index (χ0n) is 11.1. The van der Waals surface area contributed by atoms with E-state index in [1.807, 2.05) is 31.2 Å². The van der Waals surface area contributed by atoms with Crippen LogP contribution in [0.3, 0.4) is 0 Å². The lowest BCUT2D eigenvalue weighted by atomic mass is 9.81. The maximum Gasteiger partial charge on any atom is 0.411 e. The monoisotopic (exact) mass is 328 g/mol. The van der Waals surface area contributed by atoms with Gasteiger partial charge in [-0.15, -0.1) is 23.2 Å². The number of ether oxygens (including phenoxy) is 1. The maximum atomic E-state index is 12.0. The molecule has 0 saturated carbocycles. The third kappa shape index (κ3) is 5.15. The van der Waals surface area contributed by atoms with Crippen molar-refractivity contribution in [2.24, 2.45) is 0 Å². The minimum absolute atomic E-state index is 0.0348. The van der Waals surface area contributed by atoms with E-state index in [0.717, 1.165) is 11.1 Å². The van der Waals surface area contributed by atoms with Crippen molar-refractivity contribution in [1.29, 1.82) is 0 Å².